The van der Waals surface area contributed by atoms with E-state index in [1.807, 2.05) is 24.3 Å². The molecule has 0 saturated heterocycles. The molecule has 0 aliphatic rings. The predicted octanol–water partition coefficient (Wildman–Crippen LogP) is 4.12. The first-order valence-electron chi connectivity index (χ1n) is 6.07. The summed E-state index contributed by atoms with van der Waals surface area (Å²) in [6, 6.07) is 10.9. The van der Waals surface area contributed by atoms with Gasteiger partial charge in [0.2, 0.25) is 0 Å². The number of unbranched alkanes of at least 4 members (excludes halogenated alkanes) is 2. The van der Waals surface area contributed by atoms with Crippen LogP contribution in [0.1, 0.15) is 24.8 Å². The Bertz CT molecular complexity index is 493. The summed E-state index contributed by atoms with van der Waals surface area (Å²) in [6.45, 7) is 0.00413. The molecule has 17 heavy (non-hydrogen) atoms. The van der Waals surface area contributed by atoms with Crippen molar-refractivity contribution in [2.75, 3.05) is 6.61 Å². The van der Waals surface area contributed by atoms with Crippen LogP contribution in [0, 0.1) is 5.82 Å². The summed E-state index contributed by atoms with van der Waals surface area (Å²) < 4.78 is 13.6. The summed E-state index contributed by atoms with van der Waals surface area (Å²) in [5, 5.41) is 12.0. The van der Waals surface area contributed by atoms with Crippen LogP contribution in [0.4, 0.5) is 4.39 Å². The van der Waals surface area contributed by atoms with Crippen molar-refractivity contribution in [3.63, 3.8) is 0 Å². The third-order valence-electron chi connectivity index (χ3n) is 3.05. The molecule has 89 valence electrons. The van der Waals surface area contributed by atoms with Gasteiger partial charge in [-0.05, 0) is 36.3 Å². The topological polar surface area (TPSA) is 19.9 Å². The number of aryl methyl sites for hydroxylation is 1. The molecule has 0 fully saturated rings. The van der Waals surface area contributed by atoms with Crippen LogP contribution in [0.5, 0.6) is 0 Å². The van der Waals surface area contributed by atoms with Gasteiger partial charge in [0, 0.05) is 5.39 Å². The number of hydrogen-bond donors (Lipinski definition) is 0. The molecule has 2 rings (SSSR count). The highest BCUT2D eigenvalue weighted by Crippen LogP contribution is 2.22. The Morgan fingerprint density at radius 1 is 0.882 bits per heavy atom. The first-order chi connectivity index (χ1) is 8.33. The van der Waals surface area contributed by atoms with Gasteiger partial charge >= 0.3 is 0 Å². The van der Waals surface area contributed by atoms with Crippen molar-refractivity contribution in [1.82, 2.24) is 0 Å². The van der Waals surface area contributed by atoms with E-state index >= 15 is 0 Å². The minimum atomic E-state index is -0.163. The quantitative estimate of drug-likeness (QED) is 0.690. The van der Waals surface area contributed by atoms with Crippen molar-refractivity contribution in [1.29, 1.82) is 0 Å². The highest BCUT2D eigenvalue weighted by atomic mass is 19.1. The molecule has 0 saturated carbocycles. The summed E-state index contributed by atoms with van der Waals surface area (Å²) in [5.41, 5.74) is 1.17. The third-order valence-corrected chi connectivity index (χ3v) is 3.05. The van der Waals surface area contributed by atoms with Crippen molar-refractivity contribution < 1.29 is 9.50 Å². The molecule has 1 nitrogen and oxygen atoms in total. The third kappa shape index (κ3) is 2.83. The largest absolute Gasteiger partial charge is 0.237 e. The molecule has 2 aromatic rings. The number of halogens is 1. The molecule has 0 N–H and O–H groups in total. The summed E-state index contributed by atoms with van der Waals surface area (Å²) in [7, 11) is 0. The number of hydrogen-bond acceptors (Lipinski definition) is 0. The molecule has 0 spiro atoms. The molecule has 0 unspecified atom stereocenters. The van der Waals surface area contributed by atoms with E-state index in [-0.39, 0.29) is 12.4 Å². The molecule has 0 amide bonds. The maximum atomic E-state index is 13.6. The standard InChI is InChI=1S/C15H16FO/c16-15-10-5-8-13-12(6-2-1-3-11-17)7-4-9-14(13)15/h4-5,7-10H,1-3,6,11H2. The smallest absolute Gasteiger partial charge is 0.131 e. The molecule has 0 aliphatic heterocycles. The van der Waals surface area contributed by atoms with E-state index in [0.717, 1.165) is 31.1 Å². The highest BCUT2D eigenvalue weighted by Gasteiger charge is 2.04. The van der Waals surface area contributed by atoms with E-state index in [2.05, 4.69) is 0 Å². The van der Waals surface area contributed by atoms with Crippen LogP contribution in [0.15, 0.2) is 36.4 Å². The summed E-state index contributed by atoms with van der Waals surface area (Å²) >= 11 is 0. The normalized spacial score (nSPS) is 10.9. The lowest BCUT2D eigenvalue weighted by molar-refractivity contribution is 0.186. The first kappa shape index (κ1) is 12.1. The lowest BCUT2D eigenvalue weighted by atomic mass is 9.99. The fourth-order valence-corrected chi connectivity index (χ4v) is 2.15. The monoisotopic (exact) mass is 231 g/mol. The maximum absolute atomic E-state index is 13.6. The van der Waals surface area contributed by atoms with Crippen molar-refractivity contribution >= 4 is 10.8 Å². The predicted molar refractivity (Wildman–Crippen MR) is 67.0 cm³/mol. The van der Waals surface area contributed by atoms with Gasteiger partial charge in [-0.1, -0.05) is 36.8 Å². The number of fused-ring (bicyclic) bond motifs is 1. The molecule has 1 radical (unpaired) electrons. The van der Waals surface area contributed by atoms with Crippen LogP contribution in [0.2, 0.25) is 0 Å². The van der Waals surface area contributed by atoms with E-state index < -0.39 is 0 Å². The summed E-state index contributed by atoms with van der Waals surface area (Å²) in [6.07, 6.45) is 3.60. The Morgan fingerprint density at radius 3 is 2.47 bits per heavy atom. The molecular weight excluding hydrogens is 215 g/mol. The van der Waals surface area contributed by atoms with Crippen molar-refractivity contribution in [2.45, 2.75) is 25.7 Å². The SMILES string of the molecule is [O]CCCCCc1cccc2c(F)cccc12. The van der Waals surface area contributed by atoms with Crippen molar-refractivity contribution in [3.8, 4) is 0 Å². The second-order valence-corrected chi connectivity index (χ2v) is 4.27. The summed E-state index contributed by atoms with van der Waals surface area (Å²) in [5.74, 6) is -0.163. The first-order valence-corrected chi connectivity index (χ1v) is 6.07. The van der Waals surface area contributed by atoms with Gasteiger partial charge in [-0.15, -0.1) is 0 Å². The van der Waals surface area contributed by atoms with E-state index in [0.29, 0.717) is 5.39 Å². The molecule has 0 aromatic heterocycles. The van der Waals surface area contributed by atoms with Gasteiger partial charge in [-0.25, -0.2) is 9.50 Å². The molecule has 2 aromatic carbocycles. The minimum Gasteiger partial charge on any atom is -0.237 e. The van der Waals surface area contributed by atoms with Crippen LogP contribution >= 0.6 is 0 Å². The van der Waals surface area contributed by atoms with E-state index in [9.17, 15) is 9.50 Å². The minimum absolute atomic E-state index is 0.00413. The second-order valence-electron chi connectivity index (χ2n) is 4.27. The van der Waals surface area contributed by atoms with Gasteiger partial charge in [0.1, 0.15) is 5.82 Å². The second kappa shape index (κ2) is 5.78. The zero-order valence-corrected chi connectivity index (χ0v) is 9.79. The Balaban J connectivity index is 2.19. The van der Waals surface area contributed by atoms with E-state index in [1.54, 1.807) is 6.07 Å². The fourth-order valence-electron chi connectivity index (χ4n) is 2.15. The fraction of sp³-hybridized carbons (Fsp3) is 0.333. The lowest BCUT2D eigenvalue weighted by Gasteiger charge is -2.06. The zero-order chi connectivity index (χ0) is 12.1. The van der Waals surface area contributed by atoms with E-state index in [4.69, 9.17) is 0 Å². The van der Waals surface area contributed by atoms with Crippen LogP contribution in [0.25, 0.3) is 10.8 Å². The van der Waals surface area contributed by atoms with Crippen molar-refractivity contribution in [2.24, 2.45) is 0 Å². The van der Waals surface area contributed by atoms with Gasteiger partial charge in [0.05, 0.1) is 6.61 Å². The van der Waals surface area contributed by atoms with Gasteiger partial charge in [0.25, 0.3) is 0 Å². The lowest BCUT2D eigenvalue weighted by Crippen LogP contribution is -1.90. The molecule has 0 bridgehead atoms. The van der Waals surface area contributed by atoms with Crippen LogP contribution in [-0.4, -0.2) is 6.61 Å². The molecule has 0 heterocycles. The Labute approximate surface area is 101 Å². The van der Waals surface area contributed by atoms with Crippen LogP contribution in [0.3, 0.4) is 0 Å². The molecule has 2 heteroatoms. The van der Waals surface area contributed by atoms with Gasteiger partial charge in [-0.2, -0.15) is 0 Å². The Morgan fingerprint density at radius 2 is 1.65 bits per heavy atom. The zero-order valence-electron chi connectivity index (χ0n) is 9.79. The van der Waals surface area contributed by atoms with Crippen molar-refractivity contribution in [3.05, 3.63) is 47.8 Å². The summed E-state index contributed by atoms with van der Waals surface area (Å²) in [4.78, 5) is 0. The van der Waals surface area contributed by atoms with Crippen LogP contribution < -0.4 is 0 Å². The highest BCUT2D eigenvalue weighted by molar-refractivity contribution is 5.86. The molecule has 0 atom stereocenters. The number of rotatable bonds is 5. The Kier molecular flexibility index (Phi) is 4.10. The molecular formula is C15H16FO. The molecule has 0 aliphatic carbocycles. The maximum Gasteiger partial charge on any atom is 0.131 e. The van der Waals surface area contributed by atoms with Gasteiger partial charge < -0.3 is 0 Å². The number of benzene rings is 2. The van der Waals surface area contributed by atoms with Gasteiger partial charge in [0.15, 0.2) is 0 Å². The van der Waals surface area contributed by atoms with Gasteiger partial charge in [-0.3, -0.25) is 0 Å². The average Bonchev–Trinajstić information content (AvgIpc) is 2.36. The van der Waals surface area contributed by atoms with E-state index in [1.165, 1.54) is 11.6 Å². The van der Waals surface area contributed by atoms with Crippen LogP contribution in [-0.2, 0) is 11.5 Å². The Hall–Kier alpha value is -1.41. The average molecular weight is 231 g/mol.